The summed E-state index contributed by atoms with van der Waals surface area (Å²) in [4.78, 5) is 0. The van der Waals surface area contributed by atoms with Crippen molar-refractivity contribution in [2.24, 2.45) is 0 Å². The van der Waals surface area contributed by atoms with E-state index in [2.05, 4.69) is 34.9 Å². The third-order valence-electron chi connectivity index (χ3n) is 3.27. The normalized spacial score (nSPS) is 9.74. The van der Waals surface area contributed by atoms with Crippen molar-refractivity contribution in [2.75, 3.05) is 10.9 Å². The molecule has 0 radical (unpaired) electrons. The lowest BCUT2D eigenvalue weighted by atomic mass is 10.2. The van der Waals surface area contributed by atoms with Crippen LogP contribution in [0.25, 0.3) is 0 Å². The molecule has 0 atom stereocenters. The first-order chi connectivity index (χ1) is 11.2. The number of hydrazine groups is 2. The van der Waals surface area contributed by atoms with Gasteiger partial charge in [0.15, 0.2) is 0 Å². The molecule has 0 aliphatic heterocycles. The lowest BCUT2D eigenvalue weighted by Gasteiger charge is -2.14. The molecule has 0 heterocycles. The highest BCUT2D eigenvalue weighted by atomic mass is 15.4. The predicted octanol–water partition coefficient (Wildman–Crippen LogP) is 4.42. The molecular weight excluding hydrogens is 284 g/mol. The molecule has 0 aliphatic rings. The third kappa shape index (κ3) is 6.61. The fraction of sp³-hybridized carbons (Fsp3) is 0.158. The van der Waals surface area contributed by atoms with Gasteiger partial charge in [-0.1, -0.05) is 49.6 Å². The second-order valence-corrected chi connectivity index (χ2v) is 5.29. The summed E-state index contributed by atoms with van der Waals surface area (Å²) in [5.41, 5.74) is 16.5. The van der Waals surface area contributed by atoms with Crippen molar-refractivity contribution in [1.29, 1.82) is 0 Å². The molecule has 0 bridgehead atoms. The highest BCUT2D eigenvalue weighted by molar-refractivity contribution is 5.42. The molecule has 0 fully saturated rings. The quantitative estimate of drug-likeness (QED) is 0.491. The number of nitrogens with one attached hydrogen (secondary N) is 4. The molecule has 0 unspecified atom stereocenters. The second-order valence-electron chi connectivity index (χ2n) is 5.29. The van der Waals surface area contributed by atoms with E-state index in [0.29, 0.717) is 0 Å². The van der Waals surface area contributed by atoms with Crippen molar-refractivity contribution in [2.45, 2.75) is 19.3 Å². The predicted molar refractivity (Wildman–Crippen MR) is 98.5 cm³/mol. The highest BCUT2D eigenvalue weighted by Crippen LogP contribution is 2.09. The Kier molecular flexibility index (Phi) is 6.60. The van der Waals surface area contributed by atoms with Crippen LogP contribution < -0.4 is 21.7 Å². The average Bonchev–Trinajstić information content (AvgIpc) is 2.60. The second kappa shape index (κ2) is 9.20. The molecule has 0 saturated carbocycles. The van der Waals surface area contributed by atoms with Crippen LogP contribution in [0.3, 0.4) is 0 Å². The summed E-state index contributed by atoms with van der Waals surface area (Å²) in [6, 6.07) is 19.9. The minimum Gasteiger partial charge on any atom is -0.306 e. The van der Waals surface area contributed by atoms with Crippen LogP contribution in [0, 0.1) is 0 Å². The Hall–Kier alpha value is -2.88. The Balaban J connectivity index is 1.57. The van der Waals surface area contributed by atoms with Gasteiger partial charge in [-0.3, -0.25) is 0 Å². The standard InChI is InChI=1S/C19H24N4/c1-16(20-22-18-12-5-3-6-13-18)10-9-11-17(2)21-23-19-14-7-4-8-15-19/h3-8,12-15,20-23H,1-2,9-11H2. The van der Waals surface area contributed by atoms with E-state index in [9.17, 15) is 0 Å². The molecular formula is C19H24N4. The van der Waals surface area contributed by atoms with Gasteiger partial charge >= 0.3 is 0 Å². The van der Waals surface area contributed by atoms with Crippen LogP contribution >= 0.6 is 0 Å². The molecule has 23 heavy (non-hydrogen) atoms. The van der Waals surface area contributed by atoms with Gasteiger partial charge in [0.05, 0.1) is 11.4 Å². The molecule has 4 nitrogen and oxygen atoms in total. The first-order valence-electron chi connectivity index (χ1n) is 7.74. The molecule has 2 aromatic carbocycles. The third-order valence-corrected chi connectivity index (χ3v) is 3.27. The number of rotatable bonds is 10. The fourth-order valence-electron chi connectivity index (χ4n) is 2.00. The van der Waals surface area contributed by atoms with Crippen molar-refractivity contribution in [3.63, 3.8) is 0 Å². The van der Waals surface area contributed by atoms with E-state index >= 15 is 0 Å². The van der Waals surface area contributed by atoms with Crippen molar-refractivity contribution < 1.29 is 0 Å². The van der Waals surface area contributed by atoms with Crippen molar-refractivity contribution in [1.82, 2.24) is 10.9 Å². The van der Waals surface area contributed by atoms with Crippen LogP contribution in [0.15, 0.2) is 85.2 Å². The summed E-state index contributed by atoms with van der Waals surface area (Å²) in [6.45, 7) is 8.04. The van der Waals surface area contributed by atoms with Gasteiger partial charge in [-0.15, -0.1) is 0 Å². The lowest BCUT2D eigenvalue weighted by Crippen LogP contribution is -2.21. The number of allylic oxidation sites excluding steroid dienone is 2. The maximum absolute atomic E-state index is 4.02. The maximum Gasteiger partial charge on any atom is 0.0539 e. The Bertz CT molecular complexity index is 552. The number of hydrogen-bond acceptors (Lipinski definition) is 4. The first kappa shape index (κ1) is 16.5. The van der Waals surface area contributed by atoms with Crippen molar-refractivity contribution in [3.8, 4) is 0 Å². The minimum atomic E-state index is 0.881. The van der Waals surface area contributed by atoms with E-state index < -0.39 is 0 Å². The van der Waals surface area contributed by atoms with Gasteiger partial charge in [-0.2, -0.15) is 0 Å². The molecule has 120 valence electrons. The van der Waals surface area contributed by atoms with Gasteiger partial charge in [0, 0.05) is 11.4 Å². The molecule has 2 aromatic rings. The van der Waals surface area contributed by atoms with Crippen LogP contribution in [-0.2, 0) is 0 Å². The summed E-state index contributed by atoms with van der Waals surface area (Å²) in [5.74, 6) is 0. The summed E-state index contributed by atoms with van der Waals surface area (Å²) >= 11 is 0. The summed E-state index contributed by atoms with van der Waals surface area (Å²) in [5, 5.41) is 0. The minimum absolute atomic E-state index is 0.881. The van der Waals surface area contributed by atoms with Crippen LogP contribution in [0.5, 0.6) is 0 Å². The zero-order valence-corrected chi connectivity index (χ0v) is 13.3. The topological polar surface area (TPSA) is 48.1 Å². The molecule has 0 saturated heterocycles. The fourth-order valence-corrected chi connectivity index (χ4v) is 2.00. The molecule has 4 heteroatoms. The first-order valence-corrected chi connectivity index (χ1v) is 7.74. The van der Waals surface area contributed by atoms with E-state index in [1.165, 1.54) is 0 Å². The molecule has 0 amide bonds. The molecule has 0 aliphatic carbocycles. The van der Waals surface area contributed by atoms with Gasteiger partial charge in [0.1, 0.15) is 0 Å². The molecule has 2 rings (SSSR count). The van der Waals surface area contributed by atoms with Crippen LogP contribution in [-0.4, -0.2) is 0 Å². The highest BCUT2D eigenvalue weighted by Gasteiger charge is 1.98. The van der Waals surface area contributed by atoms with E-state index in [4.69, 9.17) is 0 Å². The van der Waals surface area contributed by atoms with Crippen LogP contribution in [0.4, 0.5) is 11.4 Å². The number of benzene rings is 2. The Labute approximate surface area is 138 Å². The van der Waals surface area contributed by atoms with Gasteiger partial charge in [-0.25, -0.2) is 0 Å². The Morgan fingerprint density at radius 3 is 1.43 bits per heavy atom. The van der Waals surface area contributed by atoms with Crippen molar-refractivity contribution >= 4 is 11.4 Å². The van der Waals surface area contributed by atoms with Gasteiger partial charge in [0.25, 0.3) is 0 Å². The zero-order chi connectivity index (χ0) is 16.3. The summed E-state index contributed by atoms with van der Waals surface area (Å²) in [6.07, 6.45) is 2.74. The molecule has 4 N–H and O–H groups in total. The zero-order valence-electron chi connectivity index (χ0n) is 13.3. The number of para-hydroxylation sites is 2. The molecule has 0 aromatic heterocycles. The number of anilines is 2. The molecule has 0 spiro atoms. The SMILES string of the molecule is C=C(CCCC(=C)NNc1ccccc1)NNc1ccccc1. The van der Waals surface area contributed by atoms with Gasteiger partial charge in [-0.05, 0) is 43.5 Å². The van der Waals surface area contributed by atoms with Crippen LogP contribution in [0.1, 0.15) is 19.3 Å². The summed E-state index contributed by atoms with van der Waals surface area (Å²) in [7, 11) is 0. The lowest BCUT2D eigenvalue weighted by molar-refractivity contribution is 0.726. The van der Waals surface area contributed by atoms with Gasteiger partial charge < -0.3 is 21.7 Å². The average molecular weight is 308 g/mol. The Morgan fingerprint density at radius 2 is 1.04 bits per heavy atom. The van der Waals surface area contributed by atoms with Crippen LogP contribution in [0.2, 0.25) is 0 Å². The maximum atomic E-state index is 4.02. The van der Waals surface area contributed by atoms with Gasteiger partial charge in [0.2, 0.25) is 0 Å². The largest absolute Gasteiger partial charge is 0.306 e. The van der Waals surface area contributed by atoms with E-state index in [-0.39, 0.29) is 0 Å². The Morgan fingerprint density at radius 1 is 0.652 bits per heavy atom. The monoisotopic (exact) mass is 308 g/mol. The van der Waals surface area contributed by atoms with E-state index in [1.807, 2.05) is 60.7 Å². The van der Waals surface area contributed by atoms with Crippen molar-refractivity contribution in [3.05, 3.63) is 85.2 Å². The van der Waals surface area contributed by atoms with E-state index in [0.717, 1.165) is 42.0 Å². The smallest absolute Gasteiger partial charge is 0.0539 e. The summed E-state index contributed by atoms with van der Waals surface area (Å²) < 4.78 is 0. The van der Waals surface area contributed by atoms with E-state index in [1.54, 1.807) is 0 Å². The number of hydrogen-bond donors (Lipinski definition) is 4.